The lowest BCUT2D eigenvalue weighted by atomic mass is 9.94. The first-order valence-electron chi connectivity index (χ1n) is 8.58. The van der Waals surface area contributed by atoms with Gasteiger partial charge in [0.2, 0.25) is 5.88 Å². The van der Waals surface area contributed by atoms with Crippen molar-refractivity contribution in [3.63, 3.8) is 0 Å². The standard InChI is InChI=1S/C19H19ClN4O2/c1-12-16(11-21)18(25)24(15-5-3-2-4-6-15)19(26)17(12)23-22-14-9-7-13(20)8-10-14/h7-10,15,25H,2-6H2,1H3. The summed E-state index contributed by atoms with van der Waals surface area (Å²) in [6, 6.07) is 8.61. The summed E-state index contributed by atoms with van der Waals surface area (Å²) in [7, 11) is 0. The third-order valence-electron chi connectivity index (χ3n) is 4.75. The number of aromatic hydroxyl groups is 1. The molecular formula is C19H19ClN4O2. The molecule has 1 aromatic heterocycles. The van der Waals surface area contributed by atoms with E-state index < -0.39 is 5.56 Å². The van der Waals surface area contributed by atoms with E-state index in [1.807, 2.05) is 6.07 Å². The van der Waals surface area contributed by atoms with Gasteiger partial charge in [0, 0.05) is 16.6 Å². The highest BCUT2D eigenvalue weighted by atomic mass is 35.5. The van der Waals surface area contributed by atoms with Crippen molar-refractivity contribution in [1.82, 2.24) is 4.57 Å². The van der Waals surface area contributed by atoms with Gasteiger partial charge in [-0.05, 0) is 44.0 Å². The van der Waals surface area contributed by atoms with E-state index in [1.165, 1.54) is 4.57 Å². The van der Waals surface area contributed by atoms with Crippen LogP contribution in [0, 0.1) is 18.3 Å². The molecule has 0 bridgehead atoms. The number of benzene rings is 1. The maximum Gasteiger partial charge on any atom is 0.281 e. The molecule has 6 nitrogen and oxygen atoms in total. The molecule has 1 aromatic carbocycles. The van der Waals surface area contributed by atoms with Crippen LogP contribution in [0.2, 0.25) is 5.02 Å². The van der Waals surface area contributed by atoms with Crippen LogP contribution in [0.1, 0.15) is 49.3 Å². The smallest absolute Gasteiger partial charge is 0.281 e. The molecule has 3 rings (SSSR count). The van der Waals surface area contributed by atoms with E-state index >= 15 is 0 Å². The van der Waals surface area contributed by atoms with E-state index in [2.05, 4.69) is 10.2 Å². The minimum absolute atomic E-state index is 0.0697. The Kier molecular flexibility index (Phi) is 5.38. The molecule has 0 unspecified atom stereocenters. The molecule has 0 spiro atoms. The number of hydrogen-bond acceptors (Lipinski definition) is 5. The highest BCUT2D eigenvalue weighted by Gasteiger charge is 2.25. The molecule has 1 heterocycles. The Labute approximate surface area is 156 Å². The van der Waals surface area contributed by atoms with Crippen LogP contribution in [-0.2, 0) is 0 Å². The number of pyridine rings is 1. The molecule has 1 aliphatic carbocycles. The molecular weight excluding hydrogens is 352 g/mol. The molecule has 0 aliphatic heterocycles. The first-order valence-corrected chi connectivity index (χ1v) is 8.96. The summed E-state index contributed by atoms with van der Waals surface area (Å²) in [6.07, 6.45) is 4.71. The Morgan fingerprint density at radius 2 is 1.85 bits per heavy atom. The first-order chi connectivity index (χ1) is 12.5. The average molecular weight is 371 g/mol. The van der Waals surface area contributed by atoms with Crippen LogP contribution in [0.3, 0.4) is 0 Å². The Balaban J connectivity index is 2.10. The SMILES string of the molecule is Cc1c(C#N)c(O)n(C2CCCCC2)c(=O)c1N=Nc1ccc(Cl)cc1. The molecule has 1 fully saturated rings. The quantitative estimate of drug-likeness (QED) is 0.742. The van der Waals surface area contributed by atoms with Crippen molar-refractivity contribution in [2.75, 3.05) is 0 Å². The molecule has 134 valence electrons. The minimum Gasteiger partial charge on any atom is -0.493 e. The average Bonchev–Trinajstić information content (AvgIpc) is 2.64. The van der Waals surface area contributed by atoms with Crippen molar-refractivity contribution in [3.05, 3.63) is 50.8 Å². The van der Waals surface area contributed by atoms with Crippen molar-refractivity contribution < 1.29 is 5.11 Å². The van der Waals surface area contributed by atoms with Crippen LogP contribution in [0.4, 0.5) is 11.4 Å². The fourth-order valence-electron chi connectivity index (χ4n) is 3.32. The van der Waals surface area contributed by atoms with Crippen LogP contribution in [0.5, 0.6) is 5.88 Å². The Morgan fingerprint density at radius 3 is 2.46 bits per heavy atom. The van der Waals surface area contributed by atoms with Crippen molar-refractivity contribution in [1.29, 1.82) is 5.26 Å². The van der Waals surface area contributed by atoms with Gasteiger partial charge in [-0.25, -0.2) is 0 Å². The van der Waals surface area contributed by atoms with Gasteiger partial charge in [0.15, 0.2) is 5.69 Å². The van der Waals surface area contributed by atoms with E-state index in [1.54, 1.807) is 31.2 Å². The largest absolute Gasteiger partial charge is 0.493 e. The van der Waals surface area contributed by atoms with Gasteiger partial charge in [-0.1, -0.05) is 30.9 Å². The molecule has 26 heavy (non-hydrogen) atoms. The number of nitrogens with zero attached hydrogens (tertiary/aromatic N) is 4. The number of azo groups is 1. The van der Waals surface area contributed by atoms with Crippen molar-refractivity contribution >= 4 is 23.0 Å². The van der Waals surface area contributed by atoms with Crippen LogP contribution in [0.15, 0.2) is 39.3 Å². The fourth-order valence-corrected chi connectivity index (χ4v) is 3.45. The maximum absolute atomic E-state index is 13.0. The molecule has 1 aliphatic rings. The highest BCUT2D eigenvalue weighted by molar-refractivity contribution is 6.30. The van der Waals surface area contributed by atoms with Gasteiger partial charge in [0.25, 0.3) is 5.56 Å². The van der Waals surface area contributed by atoms with E-state index in [0.717, 1.165) is 32.1 Å². The lowest BCUT2D eigenvalue weighted by Crippen LogP contribution is -2.27. The summed E-state index contributed by atoms with van der Waals surface area (Å²) in [6.45, 7) is 1.60. The lowest BCUT2D eigenvalue weighted by molar-refractivity contribution is 0.303. The summed E-state index contributed by atoms with van der Waals surface area (Å²) < 4.78 is 1.32. The Bertz CT molecular complexity index is 936. The van der Waals surface area contributed by atoms with Crippen LogP contribution < -0.4 is 5.56 Å². The zero-order chi connectivity index (χ0) is 18.7. The van der Waals surface area contributed by atoms with E-state index in [0.29, 0.717) is 16.3 Å². The number of aromatic nitrogens is 1. The maximum atomic E-state index is 13.0. The zero-order valence-corrected chi connectivity index (χ0v) is 15.2. The summed E-state index contributed by atoms with van der Waals surface area (Å²) in [5.74, 6) is -0.271. The van der Waals surface area contributed by atoms with Gasteiger partial charge in [-0.15, -0.1) is 5.11 Å². The van der Waals surface area contributed by atoms with Gasteiger partial charge < -0.3 is 5.11 Å². The molecule has 1 N–H and O–H groups in total. The predicted octanol–water partition coefficient (Wildman–Crippen LogP) is 5.31. The van der Waals surface area contributed by atoms with E-state index in [4.69, 9.17) is 11.6 Å². The minimum atomic E-state index is -0.413. The monoisotopic (exact) mass is 370 g/mol. The second-order valence-electron chi connectivity index (χ2n) is 6.43. The summed E-state index contributed by atoms with van der Waals surface area (Å²) in [4.78, 5) is 13.0. The zero-order valence-electron chi connectivity index (χ0n) is 14.4. The third kappa shape index (κ3) is 3.49. The Hall–Kier alpha value is -2.65. The molecule has 0 saturated heterocycles. The van der Waals surface area contributed by atoms with Crippen LogP contribution >= 0.6 is 11.6 Å². The number of hydrogen-bond donors (Lipinski definition) is 1. The number of nitriles is 1. The van der Waals surface area contributed by atoms with Crippen molar-refractivity contribution in [2.45, 2.75) is 45.1 Å². The molecule has 0 amide bonds. The molecule has 0 atom stereocenters. The summed E-state index contributed by atoms with van der Waals surface area (Å²) >= 11 is 5.85. The summed E-state index contributed by atoms with van der Waals surface area (Å²) in [5.41, 5.74) is 0.618. The number of halogens is 1. The second kappa shape index (κ2) is 7.71. The van der Waals surface area contributed by atoms with Crippen molar-refractivity contribution in [3.8, 4) is 11.9 Å². The van der Waals surface area contributed by atoms with Crippen LogP contribution in [-0.4, -0.2) is 9.67 Å². The number of rotatable bonds is 3. The molecule has 2 aromatic rings. The van der Waals surface area contributed by atoms with Crippen LogP contribution in [0.25, 0.3) is 0 Å². The third-order valence-corrected chi connectivity index (χ3v) is 5.00. The second-order valence-corrected chi connectivity index (χ2v) is 6.86. The van der Waals surface area contributed by atoms with Gasteiger partial charge in [-0.2, -0.15) is 10.4 Å². The fraction of sp³-hybridized carbons (Fsp3) is 0.368. The van der Waals surface area contributed by atoms with Gasteiger partial charge in [-0.3, -0.25) is 9.36 Å². The van der Waals surface area contributed by atoms with E-state index in [9.17, 15) is 15.2 Å². The van der Waals surface area contributed by atoms with E-state index in [-0.39, 0.29) is 23.2 Å². The normalized spacial score (nSPS) is 15.3. The highest BCUT2D eigenvalue weighted by Crippen LogP contribution is 2.34. The molecule has 0 radical (unpaired) electrons. The van der Waals surface area contributed by atoms with Crippen molar-refractivity contribution in [2.24, 2.45) is 10.2 Å². The lowest BCUT2D eigenvalue weighted by Gasteiger charge is -2.25. The first kappa shape index (κ1) is 18.2. The topological polar surface area (TPSA) is 90.7 Å². The van der Waals surface area contributed by atoms with Gasteiger partial charge in [0.1, 0.15) is 11.6 Å². The van der Waals surface area contributed by atoms with Gasteiger partial charge >= 0.3 is 0 Å². The Morgan fingerprint density at radius 1 is 1.19 bits per heavy atom. The predicted molar refractivity (Wildman–Crippen MR) is 99.6 cm³/mol. The van der Waals surface area contributed by atoms with Gasteiger partial charge in [0.05, 0.1) is 5.69 Å². The molecule has 1 saturated carbocycles. The molecule has 7 heteroatoms. The summed E-state index contributed by atoms with van der Waals surface area (Å²) in [5, 5.41) is 28.7.